The molecule has 1 aliphatic carbocycles. The van der Waals surface area contributed by atoms with Gasteiger partial charge in [-0.1, -0.05) is 19.3 Å². The van der Waals surface area contributed by atoms with Crippen LogP contribution >= 0.6 is 11.8 Å². The Morgan fingerprint density at radius 3 is 2.86 bits per heavy atom. The van der Waals surface area contributed by atoms with Gasteiger partial charge in [-0.3, -0.25) is 0 Å². The highest BCUT2D eigenvalue weighted by atomic mass is 32.2. The van der Waals surface area contributed by atoms with E-state index in [4.69, 9.17) is 5.10 Å². The van der Waals surface area contributed by atoms with Crippen LogP contribution in [0.2, 0.25) is 0 Å². The summed E-state index contributed by atoms with van der Waals surface area (Å²) in [6, 6.07) is 4.12. The number of thioether (sulfide) groups is 1. The van der Waals surface area contributed by atoms with E-state index in [1.807, 2.05) is 17.5 Å². The molecule has 1 spiro atoms. The van der Waals surface area contributed by atoms with Gasteiger partial charge in [-0.05, 0) is 31.9 Å². The van der Waals surface area contributed by atoms with Crippen molar-refractivity contribution in [1.82, 2.24) is 19.8 Å². The van der Waals surface area contributed by atoms with E-state index in [-0.39, 0.29) is 0 Å². The van der Waals surface area contributed by atoms with E-state index in [1.54, 1.807) is 0 Å². The number of aromatic nitrogens is 4. The van der Waals surface area contributed by atoms with Crippen LogP contribution in [-0.2, 0) is 0 Å². The second-order valence-corrected chi connectivity index (χ2v) is 7.79. The third-order valence-corrected chi connectivity index (χ3v) is 6.28. The fourth-order valence-corrected chi connectivity index (χ4v) is 5.16. The summed E-state index contributed by atoms with van der Waals surface area (Å²) in [5.74, 6) is 3.13. The van der Waals surface area contributed by atoms with Gasteiger partial charge in [0.05, 0.1) is 0 Å². The van der Waals surface area contributed by atoms with E-state index in [0.717, 1.165) is 30.4 Å². The number of nitrogens with zero attached hydrogens (tertiary/aromatic N) is 5. The maximum atomic E-state index is 4.74. The summed E-state index contributed by atoms with van der Waals surface area (Å²) >= 11 is 2.19. The average Bonchev–Trinajstić information content (AvgIpc) is 2.89. The summed E-state index contributed by atoms with van der Waals surface area (Å²) in [5.41, 5.74) is 0.829. The molecule has 0 amide bonds. The highest BCUT2D eigenvalue weighted by Crippen LogP contribution is 2.43. The monoisotopic (exact) mass is 303 g/mol. The Hall–Kier alpha value is -1.30. The lowest BCUT2D eigenvalue weighted by molar-refractivity contribution is 0.390. The van der Waals surface area contributed by atoms with Crippen LogP contribution in [0.25, 0.3) is 5.65 Å². The van der Waals surface area contributed by atoms with Crippen LogP contribution in [0.3, 0.4) is 0 Å². The molecule has 0 aromatic carbocycles. The predicted molar refractivity (Wildman–Crippen MR) is 86.0 cm³/mol. The number of hydrogen-bond donors (Lipinski definition) is 0. The predicted octanol–water partition coefficient (Wildman–Crippen LogP) is 2.69. The fraction of sp³-hybridized carbons (Fsp3) is 0.667. The van der Waals surface area contributed by atoms with Gasteiger partial charge < -0.3 is 4.90 Å². The van der Waals surface area contributed by atoms with Crippen molar-refractivity contribution < 1.29 is 0 Å². The van der Waals surface area contributed by atoms with Gasteiger partial charge in [0, 0.05) is 23.6 Å². The van der Waals surface area contributed by atoms with Crippen LogP contribution in [0.15, 0.2) is 12.1 Å². The van der Waals surface area contributed by atoms with Crippen LogP contribution in [-0.4, -0.2) is 43.4 Å². The molecular formula is C15H21N5S. The van der Waals surface area contributed by atoms with Gasteiger partial charge in [0.2, 0.25) is 0 Å². The minimum atomic E-state index is 0.468. The lowest BCUT2D eigenvalue weighted by Crippen LogP contribution is -2.48. The maximum absolute atomic E-state index is 4.74. The Labute approximate surface area is 129 Å². The summed E-state index contributed by atoms with van der Waals surface area (Å²) < 4.78 is 2.32. The van der Waals surface area contributed by atoms with Crippen molar-refractivity contribution in [2.45, 2.75) is 43.8 Å². The first-order valence-electron chi connectivity index (χ1n) is 7.84. The lowest BCUT2D eigenvalue weighted by atomic mass is 9.87. The van der Waals surface area contributed by atoms with Crippen LogP contribution in [0.5, 0.6) is 0 Å². The van der Waals surface area contributed by atoms with Gasteiger partial charge in [0.25, 0.3) is 0 Å². The van der Waals surface area contributed by atoms with E-state index in [0.29, 0.717) is 4.75 Å². The molecule has 2 fully saturated rings. The lowest BCUT2D eigenvalue weighted by Gasteiger charge is -2.45. The molecule has 112 valence electrons. The van der Waals surface area contributed by atoms with Gasteiger partial charge in [0.15, 0.2) is 11.5 Å². The number of aryl methyl sites for hydroxylation is 1. The van der Waals surface area contributed by atoms with Crippen LogP contribution in [0.1, 0.15) is 37.9 Å². The minimum Gasteiger partial charge on any atom is -0.353 e. The second kappa shape index (κ2) is 5.16. The molecule has 2 aromatic heterocycles. The summed E-state index contributed by atoms with van der Waals surface area (Å²) in [7, 11) is 0. The normalized spacial score (nSPS) is 22.0. The number of fused-ring (bicyclic) bond motifs is 1. The molecule has 6 heteroatoms. The number of rotatable bonds is 1. The first kappa shape index (κ1) is 13.4. The third kappa shape index (κ3) is 2.39. The summed E-state index contributed by atoms with van der Waals surface area (Å²) in [6.45, 7) is 4.18. The molecule has 0 N–H and O–H groups in total. The largest absolute Gasteiger partial charge is 0.353 e. The molecular weight excluding hydrogens is 282 g/mol. The smallest absolute Gasteiger partial charge is 0.178 e. The van der Waals surface area contributed by atoms with E-state index in [9.17, 15) is 0 Å². The van der Waals surface area contributed by atoms with Crippen molar-refractivity contribution in [1.29, 1.82) is 0 Å². The fourth-order valence-electron chi connectivity index (χ4n) is 3.59. The van der Waals surface area contributed by atoms with E-state index < -0.39 is 0 Å². The molecule has 21 heavy (non-hydrogen) atoms. The van der Waals surface area contributed by atoms with Gasteiger partial charge in [-0.2, -0.15) is 16.3 Å². The molecule has 3 heterocycles. The molecule has 1 aliphatic heterocycles. The van der Waals surface area contributed by atoms with Crippen molar-refractivity contribution in [2.75, 3.05) is 23.7 Å². The van der Waals surface area contributed by atoms with Crippen molar-refractivity contribution in [3.8, 4) is 0 Å². The molecule has 0 atom stereocenters. The van der Waals surface area contributed by atoms with Gasteiger partial charge in [0.1, 0.15) is 5.82 Å². The standard InChI is InChI=1S/C15H21N5S/c1-12-16-17-13-5-6-14(18-20(12)13)19-9-10-21-15(11-19)7-3-2-4-8-15/h5-6H,2-4,7-11H2,1H3. The van der Waals surface area contributed by atoms with Gasteiger partial charge in [-0.25, -0.2) is 0 Å². The highest BCUT2D eigenvalue weighted by Gasteiger charge is 2.37. The van der Waals surface area contributed by atoms with E-state index in [1.165, 1.54) is 37.9 Å². The molecule has 5 nitrogen and oxygen atoms in total. The molecule has 1 saturated carbocycles. The van der Waals surface area contributed by atoms with Crippen molar-refractivity contribution in [2.24, 2.45) is 0 Å². The SMILES string of the molecule is Cc1nnc2ccc(N3CCSC4(CCCCC4)C3)nn12. The van der Waals surface area contributed by atoms with Crippen LogP contribution < -0.4 is 4.90 Å². The molecule has 2 aromatic rings. The topological polar surface area (TPSA) is 46.3 Å². The summed E-state index contributed by atoms with van der Waals surface area (Å²) in [5, 5.41) is 13.0. The first-order valence-corrected chi connectivity index (χ1v) is 8.82. The Balaban J connectivity index is 1.63. The molecule has 1 saturated heterocycles. The number of hydrogen-bond acceptors (Lipinski definition) is 5. The minimum absolute atomic E-state index is 0.468. The van der Waals surface area contributed by atoms with Gasteiger partial charge in [-0.15, -0.1) is 15.3 Å². The zero-order valence-corrected chi connectivity index (χ0v) is 13.3. The molecule has 0 radical (unpaired) electrons. The Kier molecular flexibility index (Phi) is 3.28. The van der Waals surface area contributed by atoms with Crippen molar-refractivity contribution in [3.05, 3.63) is 18.0 Å². The van der Waals surface area contributed by atoms with Crippen LogP contribution in [0.4, 0.5) is 5.82 Å². The Bertz CT molecular complexity index is 641. The van der Waals surface area contributed by atoms with Crippen LogP contribution in [0, 0.1) is 6.92 Å². The molecule has 0 bridgehead atoms. The molecule has 2 aliphatic rings. The Morgan fingerprint density at radius 2 is 2.00 bits per heavy atom. The maximum Gasteiger partial charge on any atom is 0.178 e. The highest BCUT2D eigenvalue weighted by molar-refractivity contribution is 8.00. The van der Waals surface area contributed by atoms with Crippen molar-refractivity contribution >= 4 is 23.2 Å². The number of anilines is 1. The summed E-state index contributed by atoms with van der Waals surface area (Å²) in [4.78, 5) is 2.46. The molecule has 0 unspecified atom stereocenters. The molecule has 4 rings (SSSR count). The zero-order valence-electron chi connectivity index (χ0n) is 12.5. The van der Waals surface area contributed by atoms with Gasteiger partial charge >= 0.3 is 0 Å². The Morgan fingerprint density at radius 1 is 1.14 bits per heavy atom. The zero-order chi connectivity index (χ0) is 14.3. The first-order chi connectivity index (χ1) is 10.3. The quantitative estimate of drug-likeness (QED) is 0.810. The van der Waals surface area contributed by atoms with E-state index >= 15 is 0 Å². The van der Waals surface area contributed by atoms with E-state index in [2.05, 4.69) is 32.9 Å². The average molecular weight is 303 g/mol. The third-order valence-electron chi connectivity index (χ3n) is 4.74. The summed E-state index contributed by atoms with van der Waals surface area (Å²) in [6.07, 6.45) is 6.91. The second-order valence-electron chi connectivity index (χ2n) is 6.22. The van der Waals surface area contributed by atoms with Crippen molar-refractivity contribution in [3.63, 3.8) is 0 Å².